The summed E-state index contributed by atoms with van der Waals surface area (Å²) in [5.74, 6) is -1.60. The number of H-pyrrole nitrogens is 1. The Labute approximate surface area is 120 Å². The number of hydrogen-bond donors (Lipinski definition) is 2. The van der Waals surface area contributed by atoms with Crippen LogP contribution >= 0.6 is 0 Å². The molecule has 0 radical (unpaired) electrons. The van der Waals surface area contributed by atoms with Gasteiger partial charge in [0.15, 0.2) is 0 Å². The normalized spacial score (nSPS) is 14.1. The second-order valence-corrected chi connectivity index (χ2v) is 5.14. The van der Waals surface area contributed by atoms with Gasteiger partial charge in [-0.15, -0.1) is 0 Å². The van der Waals surface area contributed by atoms with Crippen LogP contribution in [0.5, 0.6) is 0 Å². The van der Waals surface area contributed by atoms with Gasteiger partial charge in [0.05, 0.1) is 0 Å². The Bertz CT molecular complexity index is 777. The monoisotopic (exact) mass is 286 g/mol. The van der Waals surface area contributed by atoms with Crippen LogP contribution in [-0.2, 0) is 4.79 Å². The lowest BCUT2D eigenvalue weighted by Crippen LogP contribution is -2.39. The number of aliphatic carboxylic acids is 1. The summed E-state index contributed by atoms with van der Waals surface area (Å²) in [5.41, 5.74) is 0.266. The summed E-state index contributed by atoms with van der Waals surface area (Å²) in [7, 11) is 0. The SMILES string of the molecule is O=C(O)CN(C(=O)c1c[nH]c2ccccc2c1=O)C1CC1. The average Bonchev–Trinajstić information content (AvgIpc) is 3.29. The number of carbonyl (C=O) groups is 2. The van der Waals surface area contributed by atoms with Crippen molar-refractivity contribution in [2.75, 3.05) is 6.54 Å². The maximum Gasteiger partial charge on any atom is 0.323 e. The summed E-state index contributed by atoms with van der Waals surface area (Å²) in [5, 5.41) is 9.34. The molecule has 1 saturated carbocycles. The zero-order valence-corrected chi connectivity index (χ0v) is 11.2. The molecule has 6 heteroatoms. The van der Waals surface area contributed by atoms with Gasteiger partial charge in [-0.2, -0.15) is 0 Å². The van der Waals surface area contributed by atoms with Crippen molar-refractivity contribution in [2.45, 2.75) is 18.9 Å². The summed E-state index contributed by atoms with van der Waals surface area (Å²) in [4.78, 5) is 39.9. The highest BCUT2D eigenvalue weighted by atomic mass is 16.4. The van der Waals surface area contributed by atoms with E-state index in [1.807, 2.05) is 0 Å². The topological polar surface area (TPSA) is 90.5 Å². The molecule has 0 saturated heterocycles. The number of amides is 1. The number of rotatable bonds is 4. The number of carboxylic acid groups (broad SMARTS) is 1. The number of nitrogens with one attached hydrogen (secondary N) is 1. The fourth-order valence-corrected chi connectivity index (χ4v) is 2.38. The number of para-hydroxylation sites is 1. The molecule has 0 unspecified atom stereocenters. The highest BCUT2D eigenvalue weighted by Crippen LogP contribution is 2.27. The van der Waals surface area contributed by atoms with Crippen LogP contribution in [0.15, 0.2) is 35.3 Å². The first-order chi connectivity index (χ1) is 10.1. The van der Waals surface area contributed by atoms with Gasteiger partial charge in [0.25, 0.3) is 5.91 Å². The van der Waals surface area contributed by atoms with Gasteiger partial charge >= 0.3 is 5.97 Å². The van der Waals surface area contributed by atoms with Crippen LogP contribution in [-0.4, -0.2) is 39.5 Å². The number of aromatic amines is 1. The Balaban J connectivity index is 2.02. The van der Waals surface area contributed by atoms with Crippen LogP contribution in [0.1, 0.15) is 23.2 Å². The molecule has 1 heterocycles. The smallest absolute Gasteiger partial charge is 0.323 e. The molecule has 3 rings (SSSR count). The van der Waals surface area contributed by atoms with Crippen LogP contribution < -0.4 is 5.43 Å². The van der Waals surface area contributed by atoms with E-state index in [-0.39, 0.29) is 23.6 Å². The molecule has 1 amide bonds. The molecular weight excluding hydrogens is 272 g/mol. The van der Waals surface area contributed by atoms with Crippen LogP contribution in [0.25, 0.3) is 10.9 Å². The molecule has 2 aromatic rings. The Kier molecular flexibility index (Phi) is 3.21. The van der Waals surface area contributed by atoms with Crippen LogP contribution in [0, 0.1) is 0 Å². The Morgan fingerprint density at radius 2 is 2.00 bits per heavy atom. The fraction of sp³-hybridized carbons (Fsp3) is 0.267. The summed E-state index contributed by atoms with van der Waals surface area (Å²) >= 11 is 0. The number of hydrogen-bond acceptors (Lipinski definition) is 3. The maximum absolute atomic E-state index is 12.5. The molecule has 1 fully saturated rings. The lowest BCUT2D eigenvalue weighted by molar-refractivity contribution is -0.137. The molecule has 1 aliphatic carbocycles. The third kappa shape index (κ3) is 2.52. The standard InChI is InChI=1S/C15H14N2O4/c18-13(19)8-17(9-5-6-9)15(21)11-7-16-12-4-2-1-3-10(12)14(11)20/h1-4,7,9H,5-6,8H2,(H,16,20)(H,18,19). The number of benzene rings is 1. The lowest BCUT2D eigenvalue weighted by atomic mass is 10.1. The van der Waals surface area contributed by atoms with E-state index < -0.39 is 11.9 Å². The van der Waals surface area contributed by atoms with E-state index in [2.05, 4.69) is 4.98 Å². The van der Waals surface area contributed by atoms with Gasteiger partial charge in [-0.25, -0.2) is 0 Å². The number of pyridine rings is 1. The summed E-state index contributed by atoms with van der Waals surface area (Å²) in [6, 6.07) is 6.84. The average molecular weight is 286 g/mol. The molecular formula is C15H14N2O4. The maximum atomic E-state index is 12.5. The van der Waals surface area contributed by atoms with Crippen LogP contribution in [0.3, 0.4) is 0 Å². The molecule has 0 bridgehead atoms. The quantitative estimate of drug-likeness (QED) is 0.884. The van der Waals surface area contributed by atoms with E-state index in [9.17, 15) is 14.4 Å². The largest absolute Gasteiger partial charge is 0.480 e. The minimum Gasteiger partial charge on any atom is -0.480 e. The van der Waals surface area contributed by atoms with E-state index in [0.29, 0.717) is 10.9 Å². The van der Waals surface area contributed by atoms with E-state index in [1.165, 1.54) is 11.1 Å². The fourth-order valence-electron chi connectivity index (χ4n) is 2.38. The molecule has 0 aliphatic heterocycles. The summed E-state index contributed by atoms with van der Waals surface area (Å²) in [6.07, 6.45) is 2.93. The first kappa shape index (κ1) is 13.4. The molecule has 1 aliphatic rings. The highest BCUT2D eigenvalue weighted by Gasteiger charge is 2.35. The number of carboxylic acids is 1. The number of carbonyl (C=O) groups excluding carboxylic acids is 1. The van der Waals surface area contributed by atoms with Gasteiger partial charge in [-0.05, 0) is 25.0 Å². The van der Waals surface area contributed by atoms with Crippen molar-refractivity contribution in [1.82, 2.24) is 9.88 Å². The molecule has 0 atom stereocenters. The second kappa shape index (κ2) is 5.05. The van der Waals surface area contributed by atoms with Crippen molar-refractivity contribution in [2.24, 2.45) is 0 Å². The first-order valence-electron chi connectivity index (χ1n) is 6.71. The van der Waals surface area contributed by atoms with Crippen molar-refractivity contribution in [3.63, 3.8) is 0 Å². The van der Waals surface area contributed by atoms with E-state index in [0.717, 1.165) is 12.8 Å². The van der Waals surface area contributed by atoms with Gasteiger partial charge in [0, 0.05) is 23.1 Å². The van der Waals surface area contributed by atoms with E-state index in [4.69, 9.17) is 5.11 Å². The van der Waals surface area contributed by atoms with Crippen LogP contribution in [0.2, 0.25) is 0 Å². The molecule has 1 aromatic heterocycles. The Morgan fingerprint density at radius 1 is 1.29 bits per heavy atom. The summed E-state index contributed by atoms with van der Waals surface area (Å²) in [6.45, 7) is -0.379. The molecule has 1 aromatic carbocycles. The first-order valence-corrected chi connectivity index (χ1v) is 6.71. The van der Waals surface area contributed by atoms with Gasteiger partial charge < -0.3 is 15.0 Å². The van der Waals surface area contributed by atoms with Gasteiger partial charge in [-0.1, -0.05) is 12.1 Å². The molecule has 6 nitrogen and oxygen atoms in total. The van der Waals surface area contributed by atoms with Crippen molar-refractivity contribution in [1.29, 1.82) is 0 Å². The van der Waals surface area contributed by atoms with Crippen molar-refractivity contribution in [3.8, 4) is 0 Å². The van der Waals surface area contributed by atoms with Crippen molar-refractivity contribution >= 4 is 22.8 Å². The van der Waals surface area contributed by atoms with Gasteiger partial charge in [-0.3, -0.25) is 14.4 Å². The Morgan fingerprint density at radius 3 is 2.67 bits per heavy atom. The third-order valence-electron chi connectivity index (χ3n) is 3.57. The van der Waals surface area contributed by atoms with Crippen LogP contribution in [0.4, 0.5) is 0 Å². The molecule has 21 heavy (non-hydrogen) atoms. The molecule has 0 spiro atoms. The Hall–Kier alpha value is -2.63. The van der Waals surface area contributed by atoms with Gasteiger partial charge in [0.1, 0.15) is 12.1 Å². The van der Waals surface area contributed by atoms with E-state index >= 15 is 0 Å². The molecule has 108 valence electrons. The van der Waals surface area contributed by atoms with Crippen molar-refractivity contribution in [3.05, 3.63) is 46.2 Å². The molecule has 2 N–H and O–H groups in total. The minimum atomic E-state index is -1.08. The summed E-state index contributed by atoms with van der Waals surface area (Å²) < 4.78 is 0. The van der Waals surface area contributed by atoms with E-state index in [1.54, 1.807) is 24.3 Å². The lowest BCUT2D eigenvalue weighted by Gasteiger charge is -2.19. The number of fused-ring (bicyclic) bond motifs is 1. The number of nitrogens with zero attached hydrogens (tertiary/aromatic N) is 1. The van der Waals surface area contributed by atoms with Gasteiger partial charge in [0.2, 0.25) is 5.43 Å². The third-order valence-corrected chi connectivity index (χ3v) is 3.57. The minimum absolute atomic E-state index is 0.0122. The zero-order chi connectivity index (χ0) is 15.0. The van der Waals surface area contributed by atoms with Crippen molar-refractivity contribution < 1.29 is 14.7 Å². The number of aromatic nitrogens is 1. The predicted octanol–water partition coefficient (Wildman–Crippen LogP) is 1.22. The second-order valence-electron chi connectivity index (χ2n) is 5.14. The highest BCUT2D eigenvalue weighted by molar-refractivity contribution is 5.98. The zero-order valence-electron chi connectivity index (χ0n) is 11.2. The predicted molar refractivity (Wildman–Crippen MR) is 76.3 cm³/mol.